The van der Waals surface area contributed by atoms with Crippen LogP contribution in [-0.2, 0) is 9.53 Å². The van der Waals surface area contributed by atoms with Gasteiger partial charge in [0, 0.05) is 25.8 Å². The second-order valence-electron chi connectivity index (χ2n) is 5.46. The van der Waals surface area contributed by atoms with Crippen LogP contribution in [0.5, 0.6) is 11.5 Å². The zero-order chi connectivity index (χ0) is 15.4. The number of nitrogens with zero attached hydrogens (tertiary/aromatic N) is 1. The number of carbonyl (C=O) groups excluding carboxylic acids is 1. The lowest BCUT2D eigenvalue weighted by atomic mass is 10.2. The first-order valence-corrected chi connectivity index (χ1v) is 7.74. The van der Waals surface area contributed by atoms with Gasteiger partial charge in [0.25, 0.3) is 0 Å². The van der Waals surface area contributed by atoms with E-state index in [0.717, 1.165) is 36.5 Å². The number of hydrogen-bond acceptors (Lipinski definition) is 4. The van der Waals surface area contributed by atoms with Crippen molar-refractivity contribution in [1.29, 1.82) is 0 Å². The zero-order valence-corrected chi connectivity index (χ0v) is 12.8. The molecule has 1 aromatic rings. The molecule has 2 heterocycles. The van der Waals surface area contributed by atoms with E-state index >= 15 is 0 Å². The topological polar surface area (TPSA) is 48.0 Å². The van der Waals surface area contributed by atoms with Crippen molar-refractivity contribution in [2.45, 2.75) is 25.9 Å². The molecule has 3 rings (SSSR count). The van der Waals surface area contributed by atoms with Gasteiger partial charge in [-0.05, 0) is 43.5 Å². The van der Waals surface area contributed by atoms with Crippen LogP contribution in [0.15, 0.2) is 24.3 Å². The van der Waals surface area contributed by atoms with Crippen molar-refractivity contribution < 1.29 is 19.0 Å². The Morgan fingerprint density at radius 3 is 3.00 bits per heavy atom. The molecule has 1 unspecified atom stereocenters. The molecule has 0 N–H and O–H groups in total. The molecule has 1 saturated heterocycles. The molecule has 2 aliphatic heterocycles. The number of benzene rings is 1. The average Bonchev–Trinajstić information content (AvgIpc) is 3.20. The first-order chi connectivity index (χ1) is 10.8. The van der Waals surface area contributed by atoms with Crippen molar-refractivity contribution in [3.05, 3.63) is 29.8 Å². The van der Waals surface area contributed by atoms with Gasteiger partial charge < -0.3 is 19.1 Å². The third kappa shape index (κ3) is 3.42. The Morgan fingerprint density at radius 2 is 2.23 bits per heavy atom. The summed E-state index contributed by atoms with van der Waals surface area (Å²) in [5.74, 6) is 1.48. The highest BCUT2D eigenvalue weighted by Crippen LogP contribution is 2.32. The number of rotatable bonds is 5. The van der Waals surface area contributed by atoms with Crippen molar-refractivity contribution in [3.63, 3.8) is 0 Å². The quantitative estimate of drug-likeness (QED) is 0.784. The molecule has 0 radical (unpaired) electrons. The van der Waals surface area contributed by atoms with E-state index in [0.29, 0.717) is 13.1 Å². The van der Waals surface area contributed by atoms with E-state index in [1.807, 2.05) is 36.1 Å². The smallest absolute Gasteiger partial charge is 0.246 e. The Morgan fingerprint density at radius 1 is 1.36 bits per heavy atom. The van der Waals surface area contributed by atoms with Crippen molar-refractivity contribution >= 4 is 12.0 Å². The third-order valence-electron chi connectivity index (χ3n) is 3.96. The van der Waals surface area contributed by atoms with Gasteiger partial charge in [0.1, 0.15) is 0 Å². The van der Waals surface area contributed by atoms with Crippen LogP contribution in [0.4, 0.5) is 0 Å². The molecular weight excluding hydrogens is 282 g/mol. The highest BCUT2D eigenvalue weighted by molar-refractivity contribution is 5.91. The fourth-order valence-corrected chi connectivity index (χ4v) is 2.70. The standard InChI is InChI=1S/C17H21NO4/c1-2-18(11-14-4-3-9-20-14)17(19)8-6-13-5-7-15-16(10-13)22-12-21-15/h5-8,10,14H,2-4,9,11-12H2,1H3. The molecule has 0 aliphatic carbocycles. The summed E-state index contributed by atoms with van der Waals surface area (Å²) in [6.07, 6.45) is 5.72. The molecular formula is C17H21NO4. The average molecular weight is 303 g/mol. The monoisotopic (exact) mass is 303 g/mol. The van der Waals surface area contributed by atoms with Gasteiger partial charge in [0.05, 0.1) is 6.10 Å². The van der Waals surface area contributed by atoms with E-state index in [9.17, 15) is 4.79 Å². The molecule has 1 fully saturated rings. The normalized spacial score (nSPS) is 19.8. The van der Waals surface area contributed by atoms with Crippen LogP contribution in [0, 0.1) is 0 Å². The van der Waals surface area contributed by atoms with Crippen LogP contribution < -0.4 is 9.47 Å². The molecule has 5 heteroatoms. The summed E-state index contributed by atoms with van der Waals surface area (Å²) in [6.45, 7) is 4.40. The molecule has 2 aliphatic rings. The molecule has 0 saturated carbocycles. The maximum absolute atomic E-state index is 12.3. The van der Waals surface area contributed by atoms with E-state index < -0.39 is 0 Å². The zero-order valence-electron chi connectivity index (χ0n) is 12.8. The second kappa shape index (κ2) is 6.83. The summed E-state index contributed by atoms with van der Waals surface area (Å²) in [6, 6.07) is 5.65. The lowest BCUT2D eigenvalue weighted by molar-refractivity contribution is -0.127. The fraction of sp³-hybridized carbons (Fsp3) is 0.471. The SMILES string of the molecule is CCN(CC1CCCO1)C(=O)C=Cc1ccc2c(c1)OCO2. The van der Waals surface area contributed by atoms with Crippen molar-refractivity contribution in [3.8, 4) is 11.5 Å². The molecule has 1 amide bonds. The van der Waals surface area contributed by atoms with Crippen molar-refractivity contribution in [1.82, 2.24) is 4.90 Å². The maximum atomic E-state index is 12.3. The van der Waals surface area contributed by atoms with Crippen LogP contribution in [0.2, 0.25) is 0 Å². The van der Waals surface area contributed by atoms with Crippen LogP contribution in [0.25, 0.3) is 6.08 Å². The Hall–Kier alpha value is -2.01. The van der Waals surface area contributed by atoms with Crippen molar-refractivity contribution in [2.75, 3.05) is 26.5 Å². The highest BCUT2D eigenvalue weighted by Gasteiger charge is 2.20. The second-order valence-corrected chi connectivity index (χ2v) is 5.46. The molecule has 5 nitrogen and oxygen atoms in total. The minimum atomic E-state index is 0.00988. The van der Waals surface area contributed by atoms with Gasteiger partial charge in [-0.1, -0.05) is 6.07 Å². The predicted octanol–water partition coefficient (Wildman–Crippen LogP) is 2.46. The third-order valence-corrected chi connectivity index (χ3v) is 3.96. The minimum absolute atomic E-state index is 0.00988. The Kier molecular flexibility index (Phi) is 4.63. The summed E-state index contributed by atoms with van der Waals surface area (Å²) in [4.78, 5) is 14.1. The van der Waals surface area contributed by atoms with Crippen LogP contribution >= 0.6 is 0 Å². The Labute approximate surface area is 130 Å². The van der Waals surface area contributed by atoms with E-state index in [1.54, 1.807) is 6.08 Å². The maximum Gasteiger partial charge on any atom is 0.246 e. The van der Waals surface area contributed by atoms with Gasteiger partial charge in [0.2, 0.25) is 12.7 Å². The largest absolute Gasteiger partial charge is 0.454 e. The summed E-state index contributed by atoms with van der Waals surface area (Å²) in [5, 5.41) is 0. The summed E-state index contributed by atoms with van der Waals surface area (Å²) < 4.78 is 16.2. The number of likely N-dealkylation sites (N-methyl/N-ethyl adjacent to an activating group) is 1. The fourth-order valence-electron chi connectivity index (χ4n) is 2.70. The van der Waals surface area contributed by atoms with Gasteiger partial charge in [-0.25, -0.2) is 0 Å². The number of amides is 1. The molecule has 0 spiro atoms. The molecule has 0 bridgehead atoms. The summed E-state index contributed by atoms with van der Waals surface area (Å²) >= 11 is 0. The Balaban J connectivity index is 1.61. The molecule has 118 valence electrons. The summed E-state index contributed by atoms with van der Waals surface area (Å²) in [7, 11) is 0. The predicted molar refractivity (Wildman–Crippen MR) is 82.8 cm³/mol. The number of fused-ring (bicyclic) bond motifs is 1. The van der Waals surface area contributed by atoms with Gasteiger partial charge in [0.15, 0.2) is 11.5 Å². The van der Waals surface area contributed by atoms with E-state index in [-0.39, 0.29) is 18.8 Å². The van der Waals surface area contributed by atoms with E-state index in [2.05, 4.69) is 0 Å². The highest BCUT2D eigenvalue weighted by atomic mass is 16.7. The number of hydrogen-bond donors (Lipinski definition) is 0. The molecule has 22 heavy (non-hydrogen) atoms. The first-order valence-electron chi connectivity index (χ1n) is 7.74. The van der Waals surface area contributed by atoms with Gasteiger partial charge >= 0.3 is 0 Å². The van der Waals surface area contributed by atoms with Gasteiger partial charge in [-0.3, -0.25) is 4.79 Å². The van der Waals surface area contributed by atoms with Crippen LogP contribution in [0.3, 0.4) is 0 Å². The molecule has 0 aromatic heterocycles. The van der Waals surface area contributed by atoms with Crippen LogP contribution in [-0.4, -0.2) is 43.4 Å². The van der Waals surface area contributed by atoms with Gasteiger partial charge in [-0.15, -0.1) is 0 Å². The van der Waals surface area contributed by atoms with Gasteiger partial charge in [-0.2, -0.15) is 0 Å². The lowest BCUT2D eigenvalue weighted by Crippen LogP contribution is -2.36. The van der Waals surface area contributed by atoms with Crippen LogP contribution in [0.1, 0.15) is 25.3 Å². The first kappa shape index (κ1) is 14.9. The Bertz CT molecular complexity index is 564. The molecule has 1 atom stereocenters. The van der Waals surface area contributed by atoms with E-state index in [4.69, 9.17) is 14.2 Å². The lowest BCUT2D eigenvalue weighted by Gasteiger charge is -2.22. The number of ether oxygens (including phenoxy) is 3. The molecule has 1 aromatic carbocycles. The van der Waals surface area contributed by atoms with E-state index in [1.165, 1.54) is 0 Å². The van der Waals surface area contributed by atoms with Crippen molar-refractivity contribution in [2.24, 2.45) is 0 Å². The summed E-state index contributed by atoms with van der Waals surface area (Å²) in [5.41, 5.74) is 0.922. The minimum Gasteiger partial charge on any atom is -0.454 e. The number of carbonyl (C=O) groups is 1.